The van der Waals surface area contributed by atoms with Crippen LogP contribution < -0.4 is 5.43 Å². The number of amides is 2. The maximum Gasteiger partial charge on any atom is 0.273 e. The number of para-hydroxylation sites is 2. The number of benzene rings is 2. The van der Waals surface area contributed by atoms with Crippen molar-refractivity contribution in [2.24, 2.45) is 0 Å². The normalized spacial score (nSPS) is 20.0. The molecule has 2 aromatic rings. The summed E-state index contributed by atoms with van der Waals surface area (Å²) in [6.45, 7) is 0. The quantitative estimate of drug-likeness (QED) is 0.592. The number of hydrazine groups is 1. The summed E-state index contributed by atoms with van der Waals surface area (Å²) < 4.78 is 0. The van der Waals surface area contributed by atoms with Gasteiger partial charge in [0.05, 0.1) is 5.56 Å². The van der Waals surface area contributed by atoms with Gasteiger partial charge in [0.2, 0.25) is 0 Å². The summed E-state index contributed by atoms with van der Waals surface area (Å²) in [6, 6.07) is 11.8. The van der Waals surface area contributed by atoms with Crippen molar-refractivity contribution in [3.8, 4) is 11.5 Å². The van der Waals surface area contributed by atoms with Crippen LogP contribution in [0.4, 0.5) is 0 Å². The fraction of sp³-hybridized carbons (Fsp3) is 0.125. The summed E-state index contributed by atoms with van der Waals surface area (Å²) in [7, 11) is 0. The molecule has 0 unspecified atom stereocenters. The molecule has 1 saturated heterocycles. The minimum absolute atomic E-state index is 0.0162. The number of carbonyl (C=O) groups is 2. The zero-order chi connectivity index (χ0) is 16.6. The zero-order valence-electron chi connectivity index (χ0n) is 11.8. The molecule has 23 heavy (non-hydrogen) atoms. The van der Waals surface area contributed by atoms with E-state index in [2.05, 4.69) is 5.43 Å². The molecule has 0 bridgehead atoms. The highest BCUT2D eigenvalue weighted by Crippen LogP contribution is 2.40. The van der Waals surface area contributed by atoms with Crippen LogP contribution in [0.2, 0.25) is 0 Å². The first kappa shape index (κ1) is 15.2. The number of phenolic OH excluding ortho intramolecular Hbond substituents is 2. The first-order valence-electron chi connectivity index (χ1n) is 6.84. The molecule has 118 valence electrons. The Bertz CT molecular complexity index is 780. The van der Waals surface area contributed by atoms with Crippen LogP contribution in [-0.2, 0) is 4.79 Å². The minimum Gasteiger partial charge on any atom is -0.508 e. The van der Waals surface area contributed by atoms with Gasteiger partial charge in [0.15, 0.2) is 0 Å². The van der Waals surface area contributed by atoms with E-state index >= 15 is 0 Å². The highest BCUT2D eigenvalue weighted by Gasteiger charge is 2.49. The second kappa shape index (κ2) is 5.81. The standard InChI is InChI=1S/C16H13ClN2O4/c17-13-14(9-5-1-3-7-11(9)20)19(16(13)23)18-15(22)10-6-2-4-8-12(10)21/h1-8,13-14,20-21H,(H,18,22)/t13-,14-/m0/s1. The second-order valence-corrected chi connectivity index (χ2v) is 5.54. The summed E-state index contributed by atoms with van der Waals surface area (Å²) >= 11 is 6.02. The third-order valence-corrected chi connectivity index (χ3v) is 4.08. The Morgan fingerprint density at radius 1 is 1.04 bits per heavy atom. The average Bonchev–Trinajstić information content (AvgIpc) is 2.56. The number of aromatic hydroxyl groups is 2. The number of nitrogens with one attached hydrogen (secondary N) is 1. The van der Waals surface area contributed by atoms with Crippen LogP contribution in [-0.4, -0.2) is 32.4 Å². The largest absolute Gasteiger partial charge is 0.508 e. The summed E-state index contributed by atoms with van der Waals surface area (Å²) in [5.41, 5.74) is 2.89. The Morgan fingerprint density at radius 3 is 2.30 bits per heavy atom. The molecule has 2 amide bonds. The lowest BCUT2D eigenvalue weighted by molar-refractivity contribution is -0.149. The molecule has 0 aliphatic carbocycles. The Hall–Kier alpha value is -2.73. The number of carbonyl (C=O) groups excluding carboxylic acids is 2. The third-order valence-electron chi connectivity index (χ3n) is 3.65. The summed E-state index contributed by atoms with van der Waals surface area (Å²) in [5.74, 6) is -1.33. The van der Waals surface area contributed by atoms with Crippen molar-refractivity contribution in [3.63, 3.8) is 0 Å². The van der Waals surface area contributed by atoms with Crippen LogP contribution in [0.15, 0.2) is 48.5 Å². The van der Waals surface area contributed by atoms with E-state index in [-0.39, 0.29) is 17.1 Å². The van der Waals surface area contributed by atoms with Gasteiger partial charge < -0.3 is 10.2 Å². The van der Waals surface area contributed by atoms with Crippen molar-refractivity contribution >= 4 is 23.4 Å². The maximum absolute atomic E-state index is 12.2. The number of halogens is 1. The number of β-lactam (4-membered cyclic amide) rings is 1. The first-order chi connectivity index (χ1) is 11.0. The van der Waals surface area contributed by atoms with E-state index in [0.29, 0.717) is 5.56 Å². The Balaban J connectivity index is 1.84. The van der Waals surface area contributed by atoms with Gasteiger partial charge in [-0.25, -0.2) is 5.01 Å². The van der Waals surface area contributed by atoms with Gasteiger partial charge in [-0.2, -0.15) is 0 Å². The Morgan fingerprint density at radius 2 is 1.65 bits per heavy atom. The number of hydrogen-bond acceptors (Lipinski definition) is 4. The molecule has 7 heteroatoms. The Kier molecular flexibility index (Phi) is 3.83. The van der Waals surface area contributed by atoms with E-state index in [1.807, 2.05) is 0 Å². The molecule has 0 aromatic heterocycles. The lowest BCUT2D eigenvalue weighted by Crippen LogP contribution is -2.63. The summed E-state index contributed by atoms with van der Waals surface area (Å²) in [6.07, 6.45) is 0. The minimum atomic E-state index is -0.882. The lowest BCUT2D eigenvalue weighted by Gasteiger charge is -2.44. The number of alkyl halides is 1. The molecule has 6 nitrogen and oxygen atoms in total. The third kappa shape index (κ3) is 2.57. The van der Waals surface area contributed by atoms with Crippen LogP contribution >= 0.6 is 11.6 Å². The topological polar surface area (TPSA) is 89.9 Å². The van der Waals surface area contributed by atoms with Crippen molar-refractivity contribution in [1.82, 2.24) is 10.4 Å². The number of hydrogen-bond donors (Lipinski definition) is 3. The van der Waals surface area contributed by atoms with E-state index in [1.54, 1.807) is 30.3 Å². The number of phenols is 2. The number of nitrogens with zero attached hydrogens (tertiary/aromatic N) is 1. The van der Waals surface area contributed by atoms with Crippen LogP contribution in [0.3, 0.4) is 0 Å². The molecule has 0 spiro atoms. The molecule has 2 aromatic carbocycles. The molecule has 1 heterocycles. The smallest absolute Gasteiger partial charge is 0.273 e. The molecule has 3 rings (SSSR count). The molecule has 0 radical (unpaired) electrons. The van der Waals surface area contributed by atoms with E-state index < -0.39 is 23.2 Å². The van der Waals surface area contributed by atoms with E-state index in [9.17, 15) is 19.8 Å². The first-order valence-corrected chi connectivity index (χ1v) is 7.28. The predicted octanol–water partition coefficient (Wildman–Crippen LogP) is 1.93. The maximum atomic E-state index is 12.2. The highest BCUT2D eigenvalue weighted by molar-refractivity contribution is 6.33. The van der Waals surface area contributed by atoms with Gasteiger partial charge in [0.25, 0.3) is 11.8 Å². The molecular formula is C16H13ClN2O4. The zero-order valence-corrected chi connectivity index (χ0v) is 12.6. The molecular weight excluding hydrogens is 320 g/mol. The fourth-order valence-corrected chi connectivity index (χ4v) is 2.80. The van der Waals surface area contributed by atoms with Crippen molar-refractivity contribution < 1.29 is 19.8 Å². The van der Waals surface area contributed by atoms with Crippen molar-refractivity contribution in [2.45, 2.75) is 11.4 Å². The highest BCUT2D eigenvalue weighted by atomic mass is 35.5. The van der Waals surface area contributed by atoms with Crippen molar-refractivity contribution in [1.29, 1.82) is 0 Å². The molecule has 1 fully saturated rings. The van der Waals surface area contributed by atoms with E-state index in [0.717, 1.165) is 5.01 Å². The monoisotopic (exact) mass is 332 g/mol. The SMILES string of the molecule is O=C(NN1C(=O)[C@@H](Cl)[C@@H]1c1ccccc1O)c1ccccc1O. The number of rotatable bonds is 3. The van der Waals surface area contributed by atoms with Gasteiger partial charge >= 0.3 is 0 Å². The van der Waals surface area contributed by atoms with Gasteiger partial charge in [0, 0.05) is 5.56 Å². The molecule has 0 saturated carbocycles. The van der Waals surface area contributed by atoms with E-state index in [1.165, 1.54) is 18.2 Å². The van der Waals surface area contributed by atoms with Gasteiger partial charge in [-0.3, -0.25) is 15.0 Å². The fourth-order valence-electron chi connectivity index (χ4n) is 2.45. The second-order valence-electron chi connectivity index (χ2n) is 5.07. The van der Waals surface area contributed by atoms with Crippen molar-refractivity contribution in [2.75, 3.05) is 0 Å². The molecule has 2 atom stereocenters. The van der Waals surface area contributed by atoms with E-state index in [4.69, 9.17) is 11.6 Å². The van der Waals surface area contributed by atoms with Gasteiger partial charge in [-0.05, 0) is 18.2 Å². The van der Waals surface area contributed by atoms with Gasteiger partial charge in [-0.15, -0.1) is 11.6 Å². The molecule has 1 aliphatic heterocycles. The average molecular weight is 333 g/mol. The van der Waals surface area contributed by atoms with Crippen LogP contribution in [0.25, 0.3) is 0 Å². The van der Waals surface area contributed by atoms with Crippen LogP contribution in [0.1, 0.15) is 22.0 Å². The molecule has 1 aliphatic rings. The summed E-state index contributed by atoms with van der Waals surface area (Å²) in [5, 5.41) is 19.8. The lowest BCUT2D eigenvalue weighted by atomic mass is 9.94. The molecule has 3 N–H and O–H groups in total. The summed E-state index contributed by atoms with van der Waals surface area (Å²) in [4.78, 5) is 24.2. The van der Waals surface area contributed by atoms with Gasteiger partial charge in [0.1, 0.15) is 22.9 Å². The van der Waals surface area contributed by atoms with Gasteiger partial charge in [-0.1, -0.05) is 30.3 Å². The predicted molar refractivity (Wildman–Crippen MR) is 82.9 cm³/mol. The van der Waals surface area contributed by atoms with Crippen LogP contribution in [0.5, 0.6) is 11.5 Å². The Labute approximate surface area is 136 Å². The van der Waals surface area contributed by atoms with Crippen LogP contribution in [0, 0.1) is 0 Å². The van der Waals surface area contributed by atoms with Crippen molar-refractivity contribution in [3.05, 3.63) is 59.7 Å².